The Labute approximate surface area is 172 Å². The molecular formula is C21H21N3O6. The van der Waals surface area contributed by atoms with E-state index in [9.17, 15) is 9.59 Å². The highest BCUT2D eigenvalue weighted by Gasteiger charge is 2.28. The molecule has 1 unspecified atom stereocenters. The molecule has 0 bridgehead atoms. The Morgan fingerprint density at radius 1 is 1.23 bits per heavy atom. The van der Waals surface area contributed by atoms with Crippen LogP contribution in [0.25, 0.3) is 11.0 Å². The molecule has 1 amide bonds. The number of amides is 1. The van der Waals surface area contributed by atoms with Crippen molar-refractivity contribution in [1.29, 1.82) is 0 Å². The number of carbonyl (C=O) groups is 1. The highest BCUT2D eigenvalue weighted by Crippen LogP contribution is 2.25. The zero-order chi connectivity index (χ0) is 21.1. The summed E-state index contributed by atoms with van der Waals surface area (Å²) in [6, 6.07) is 8.63. The molecule has 0 aliphatic carbocycles. The molecule has 2 aromatic heterocycles. The van der Waals surface area contributed by atoms with Gasteiger partial charge in [-0.15, -0.1) is 0 Å². The van der Waals surface area contributed by atoms with Gasteiger partial charge in [0.2, 0.25) is 5.88 Å². The molecule has 1 aliphatic heterocycles. The minimum absolute atomic E-state index is 0.0138. The zero-order valence-electron chi connectivity index (χ0n) is 16.7. The summed E-state index contributed by atoms with van der Waals surface area (Å²) >= 11 is 0. The van der Waals surface area contributed by atoms with Crippen LogP contribution in [0, 0.1) is 0 Å². The number of rotatable bonds is 5. The molecule has 4 rings (SSSR count). The molecule has 1 atom stereocenters. The first-order valence-electron chi connectivity index (χ1n) is 9.53. The van der Waals surface area contributed by atoms with Crippen molar-refractivity contribution in [3.8, 4) is 17.6 Å². The van der Waals surface area contributed by atoms with Gasteiger partial charge in [-0.1, -0.05) is 12.1 Å². The Kier molecular flexibility index (Phi) is 5.51. The summed E-state index contributed by atoms with van der Waals surface area (Å²) in [5, 5.41) is 0.621. The number of benzene rings is 1. The largest absolute Gasteiger partial charge is 0.493 e. The fourth-order valence-electron chi connectivity index (χ4n) is 3.48. The van der Waals surface area contributed by atoms with Crippen LogP contribution in [0.2, 0.25) is 0 Å². The maximum absolute atomic E-state index is 13.1. The Balaban J connectivity index is 1.54. The first-order valence-corrected chi connectivity index (χ1v) is 9.53. The SMILES string of the molecule is COc1nccc(OC2CCCN(C(=O)c3cc4cccc(OC)c4oc3=O)C2)n1. The van der Waals surface area contributed by atoms with E-state index in [-0.39, 0.29) is 23.6 Å². The van der Waals surface area contributed by atoms with E-state index in [0.717, 1.165) is 12.8 Å². The van der Waals surface area contributed by atoms with Crippen LogP contribution >= 0.6 is 0 Å². The molecule has 0 radical (unpaired) electrons. The number of piperidine rings is 1. The van der Waals surface area contributed by atoms with Crippen LogP contribution in [0.5, 0.6) is 17.6 Å². The predicted octanol–water partition coefficient (Wildman–Crippen LogP) is 2.28. The number of nitrogens with zero attached hydrogens (tertiary/aromatic N) is 3. The van der Waals surface area contributed by atoms with Crippen LogP contribution in [0.3, 0.4) is 0 Å². The molecule has 3 heterocycles. The number of fused-ring (bicyclic) bond motifs is 1. The Morgan fingerprint density at radius 2 is 2.10 bits per heavy atom. The van der Waals surface area contributed by atoms with Crippen LogP contribution in [-0.2, 0) is 0 Å². The van der Waals surface area contributed by atoms with Crippen molar-refractivity contribution in [3.05, 3.63) is 52.5 Å². The Bertz CT molecular complexity index is 1130. The molecule has 30 heavy (non-hydrogen) atoms. The van der Waals surface area contributed by atoms with Crippen molar-refractivity contribution in [3.63, 3.8) is 0 Å². The van der Waals surface area contributed by atoms with Crippen molar-refractivity contribution in [2.75, 3.05) is 27.3 Å². The topological polar surface area (TPSA) is 104 Å². The maximum atomic E-state index is 13.1. The number of ether oxygens (including phenoxy) is 3. The summed E-state index contributed by atoms with van der Waals surface area (Å²) in [4.78, 5) is 35.2. The van der Waals surface area contributed by atoms with Crippen molar-refractivity contribution in [2.24, 2.45) is 0 Å². The molecule has 0 N–H and O–H groups in total. The molecule has 9 heteroatoms. The van der Waals surface area contributed by atoms with E-state index in [1.165, 1.54) is 14.2 Å². The molecule has 1 aliphatic rings. The van der Waals surface area contributed by atoms with Crippen LogP contribution in [0.1, 0.15) is 23.2 Å². The van der Waals surface area contributed by atoms with Gasteiger partial charge < -0.3 is 23.5 Å². The van der Waals surface area contributed by atoms with Gasteiger partial charge in [0, 0.05) is 24.2 Å². The van der Waals surface area contributed by atoms with Gasteiger partial charge in [0.15, 0.2) is 11.3 Å². The van der Waals surface area contributed by atoms with Crippen LogP contribution < -0.4 is 19.8 Å². The van der Waals surface area contributed by atoms with E-state index < -0.39 is 5.63 Å². The van der Waals surface area contributed by atoms with Crippen molar-refractivity contribution in [2.45, 2.75) is 18.9 Å². The standard InChI is InChI=1S/C21H21N3O6/c1-27-16-7-3-5-13-11-15(20(26)30-18(13)16)19(25)24-10-4-6-14(12-24)29-17-8-9-22-21(23-17)28-2/h3,5,7-9,11,14H,4,6,10,12H2,1-2H3. The summed E-state index contributed by atoms with van der Waals surface area (Å²) in [6.07, 6.45) is 2.79. The summed E-state index contributed by atoms with van der Waals surface area (Å²) < 4.78 is 21.5. The zero-order valence-corrected chi connectivity index (χ0v) is 16.7. The molecule has 9 nitrogen and oxygen atoms in total. The Hall–Kier alpha value is -3.62. The van der Waals surface area contributed by atoms with Gasteiger partial charge in [-0.2, -0.15) is 4.98 Å². The second-order valence-corrected chi connectivity index (χ2v) is 6.84. The average Bonchev–Trinajstić information content (AvgIpc) is 2.78. The van der Waals surface area contributed by atoms with E-state index in [1.54, 1.807) is 41.4 Å². The molecule has 3 aromatic rings. The van der Waals surface area contributed by atoms with E-state index in [4.69, 9.17) is 18.6 Å². The first-order chi connectivity index (χ1) is 14.6. The van der Waals surface area contributed by atoms with Gasteiger partial charge in [0.1, 0.15) is 11.7 Å². The molecule has 156 valence electrons. The van der Waals surface area contributed by atoms with E-state index in [1.807, 2.05) is 0 Å². The van der Waals surface area contributed by atoms with E-state index in [2.05, 4.69) is 9.97 Å². The van der Waals surface area contributed by atoms with Crippen molar-refractivity contribution in [1.82, 2.24) is 14.9 Å². The van der Waals surface area contributed by atoms with Crippen LogP contribution in [0.4, 0.5) is 0 Å². The predicted molar refractivity (Wildman–Crippen MR) is 107 cm³/mol. The van der Waals surface area contributed by atoms with Crippen molar-refractivity contribution < 1.29 is 23.4 Å². The highest BCUT2D eigenvalue weighted by molar-refractivity contribution is 5.97. The summed E-state index contributed by atoms with van der Waals surface area (Å²) in [7, 11) is 2.97. The van der Waals surface area contributed by atoms with Crippen LogP contribution in [0.15, 0.2) is 45.7 Å². The number of methoxy groups -OCH3 is 2. The van der Waals surface area contributed by atoms with E-state index >= 15 is 0 Å². The fourth-order valence-corrected chi connectivity index (χ4v) is 3.48. The second kappa shape index (κ2) is 8.40. The minimum Gasteiger partial charge on any atom is -0.493 e. The summed E-state index contributed by atoms with van der Waals surface area (Å²) in [5.74, 6) is 0.427. The lowest BCUT2D eigenvalue weighted by atomic mass is 10.1. The van der Waals surface area contributed by atoms with Gasteiger partial charge in [-0.05, 0) is 25.0 Å². The minimum atomic E-state index is -0.694. The van der Waals surface area contributed by atoms with Gasteiger partial charge in [0.25, 0.3) is 5.91 Å². The number of para-hydroxylation sites is 1. The Morgan fingerprint density at radius 3 is 2.90 bits per heavy atom. The number of carbonyl (C=O) groups excluding carboxylic acids is 1. The van der Waals surface area contributed by atoms with Gasteiger partial charge in [-0.25, -0.2) is 9.78 Å². The lowest BCUT2D eigenvalue weighted by Gasteiger charge is -2.32. The van der Waals surface area contributed by atoms with Gasteiger partial charge in [0.05, 0.1) is 20.8 Å². The number of hydrogen-bond acceptors (Lipinski definition) is 8. The lowest BCUT2D eigenvalue weighted by molar-refractivity contribution is 0.0522. The van der Waals surface area contributed by atoms with Gasteiger partial charge in [-0.3, -0.25) is 4.79 Å². The number of likely N-dealkylation sites (tertiary alicyclic amines) is 1. The molecule has 0 saturated carbocycles. The normalized spacial score (nSPS) is 16.3. The number of hydrogen-bond donors (Lipinski definition) is 0. The molecule has 1 fully saturated rings. The number of aromatic nitrogens is 2. The lowest BCUT2D eigenvalue weighted by Crippen LogP contribution is -2.45. The van der Waals surface area contributed by atoms with Gasteiger partial charge >= 0.3 is 11.6 Å². The maximum Gasteiger partial charge on any atom is 0.349 e. The molecule has 1 saturated heterocycles. The highest BCUT2D eigenvalue weighted by atomic mass is 16.5. The van der Waals surface area contributed by atoms with E-state index in [0.29, 0.717) is 35.7 Å². The second-order valence-electron chi connectivity index (χ2n) is 6.84. The third kappa shape index (κ3) is 3.91. The molecule has 1 aromatic carbocycles. The third-order valence-corrected chi connectivity index (χ3v) is 4.92. The molecule has 0 spiro atoms. The fraction of sp³-hybridized carbons (Fsp3) is 0.333. The summed E-state index contributed by atoms with van der Waals surface area (Å²) in [5.41, 5.74) is -0.389. The smallest absolute Gasteiger partial charge is 0.349 e. The monoisotopic (exact) mass is 411 g/mol. The molecular weight excluding hydrogens is 390 g/mol. The van der Waals surface area contributed by atoms with Crippen molar-refractivity contribution >= 4 is 16.9 Å². The van der Waals surface area contributed by atoms with Crippen LogP contribution in [-0.4, -0.2) is 54.2 Å². The summed E-state index contributed by atoms with van der Waals surface area (Å²) in [6.45, 7) is 0.863. The quantitative estimate of drug-likeness (QED) is 0.589. The first kappa shape index (κ1) is 19.7. The average molecular weight is 411 g/mol. The third-order valence-electron chi connectivity index (χ3n) is 4.92.